The van der Waals surface area contributed by atoms with Crippen LogP contribution in [-0.4, -0.2) is 30.0 Å². The van der Waals surface area contributed by atoms with Crippen LogP contribution < -0.4 is 5.32 Å². The number of rotatable bonds is 4. The van der Waals surface area contributed by atoms with E-state index in [1.165, 1.54) is 0 Å². The molecule has 2 atom stereocenters. The summed E-state index contributed by atoms with van der Waals surface area (Å²) < 4.78 is 6.84. The third-order valence-electron chi connectivity index (χ3n) is 3.78. The summed E-state index contributed by atoms with van der Waals surface area (Å²) in [7, 11) is 0. The fourth-order valence-electron chi connectivity index (χ4n) is 2.55. The SMILES string of the molecule is CC(C)C1CC(CO)(Nc2cccc(Br)c2)CCO1. The van der Waals surface area contributed by atoms with E-state index in [2.05, 4.69) is 35.1 Å². The maximum absolute atomic E-state index is 9.84. The normalized spacial score (nSPS) is 27.5. The van der Waals surface area contributed by atoms with Crippen molar-refractivity contribution in [1.82, 2.24) is 0 Å². The van der Waals surface area contributed by atoms with Crippen LogP contribution >= 0.6 is 15.9 Å². The molecule has 4 heteroatoms. The van der Waals surface area contributed by atoms with Crippen molar-refractivity contribution in [3.05, 3.63) is 28.7 Å². The standard InChI is InChI=1S/C15H22BrNO2/c1-11(2)14-9-15(10-18,6-7-19-14)17-13-5-3-4-12(16)8-13/h3-5,8,11,14,17-18H,6-7,9-10H2,1-2H3. The molecule has 1 saturated heterocycles. The highest BCUT2D eigenvalue weighted by Crippen LogP contribution is 2.32. The van der Waals surface area contributed by atoms with Crippen LogP contribution in [0.3, 0.4) is 0 Å². The highest BCUT2D eigenvalue weighted by molar-refractivity contribution is 9.10. The van der Waals surface area contributed by atoms with Crippen molar-refractivity contribution >= 4 is 21.6 Å². The highest BCUT2D eigenvalue weighted by Gasteiger charge is 2.37. The van der Waals surface area contributed by atoms with E-state index in [4.69, 9.17) is 4.74 Å². The molecule has 19 heavy (non-hydrogen) atoms. The van der Waals surface area contributed by atoms with E-state index < -0.39 is 0 Å². The van der Waals surface area contributed by atoms with E-state index in [-0.39, 0.29) is 18.2 Å². The topological polar surface area (TPSA) is 41.5 Å². The Labute approximate surface area is 123 Å². The lowest BCUT2D eigenvalue weighted by atomic mass is 9.83. The van der Waals surface area contributed by atoms with Crippen LogP contribution in [0.2, 0.25) is 0 Å². The second-order valence-electron chi connectivity index (χ2n) is 5.68. The maximum atomic E-state index is 9.84. The minimum absolute atomic E-state index is 0.131. The molecule has 2 unspecified atom stereocenters. The zero-order chi connectivity index (χ0) is 13.9. The number of nitrogens with one attached hydrogen (secondary N) is 1. The maximum Gasteiger partial charge on any atom is 0.0663 e. The summed E-state index contributed by atoms with van der Waals surface area (Å²) in [6.07, 6.45) is 1.88. The quantitative estimate of drug-likeness (QED) is 0.890. The minimum atomic E-state index is -0.270. The van der Waals surface area contributed by atoms with Crippen LogP contribution in [-0.2, 0) is 4.74 Å². The van der Waals surface area contributed by atoms with Crippen molar-refractivity contribution in [3.8, 4) is 0 Å². The van der Waals surface area contributed by atoms with Crippen molar-refractivity contribution in [2.24, 2.45) is 5.92 Å². The predicted molar refractivity (Wildman–Crippen MR) is 81.4 cm³/mol. The fraction of sp³-hybridized carbons (Fsp3) is 0.600. The Kier molecular flexibility index (Phi) is 4.87. The van der Waals surface area contributed by atoms with E-state index in [0.717, 1.165) is 23.0 Å². The van der Waals surface area contributed by atoms with Gasteiger partial charge in [0.15, 0.2) is 0 Å². The highest BCUT2D eigenvalue weighted by atomic mass is 79.9. The average Bonchev–Trinajstić information content (AvgIpc) is 2.39. The van der Waals surface area contributed by atoms with Crippen molar-refractivity contribution < 1.29 is 9.84 Å². The number of aliphatic hydroxyl groups is 1. The van der Waals surface area contributed by atoms with Gasteiger partial charge in [0.25, 0.3) is 0 Å². The molecule has 1 aliphatic rings. The number of hydrogen-bond acceptors (Lipinski definition) is 3. The van der Waals surface area contributed by atoms with E-state index in [1.807, 2.05) is 24.3 Å². The second kappa shape index (κ2) is 6.25. The summed E-state index contributed by atoms with van der Waals surface area (Å²) in [5, 5.41) is 13.4. The average molecular weight is 328 g/mol. The summed E-state index contributed by atoms with van der Waals surface area (Å²) in [6, 6.07) is 8.06. The molecule has 1 heterocycles. The molecule has 0 radical (unpaired) electrons. The number of aliphatic hydroxyl groups excluding tert-OH is 1. The van der Waals surface area contributed by atoms with Gasteiger partial charge >= 0.3 is 0 Å². The predicted octanol–water partition coefficient (Wildman–Crippen LogP) is 3.43. The molecule has 1 aliphatic heterocycles. The first-order valence-corrected chi connectivity index (χ1v) is 7.60. The van der Waals surface area contributed by atoms with Gasteiger partial charge in [0.1, 0.15) is 0 Å². The Balaban J connectivity index is 2.13. The van der Waals surface area contributed by atoms with Crippen LogP contribution in [0.1, 0.15) is 26.7 Å². The molecule has 2 N–H and O–H groups in total. The Morgan fingerprint density at radius 3 is 2.95 bits per heavy atom. The van der Waals surface area contributed by atoms with Crippen molar-refractivity contribution in [3.63, 3.8) is 0 Å². The van der Waals surface area contributed by atoms with Gasteiger partial charge in [-0.2, -0.15) is 0 Å². The lowest BCUT2D eigenvalue weighted by Crippen LogP contribution is -2.51. The second-order valence-corrected chi connectivity index (χ2v) is 6.60. The van der Waals surface area contributed by atoms with Crippen molar-refractivity contribution in [2.45, 2.75) is 38.3 Å². The Morgan fingerprint density at radius 1 is 1.53 bits per heavy atom. The van der Waals surface area contributed by atoms with Crippen LogP contribution in [0.25, 0.3) is 0 Å². The molecule has 0 aliphatic carbocycles. The summed E-state index contributed by atoms with van der Waals surface area (Å²) in [6.45, 7) is 5.16. The Hall–Kier alpha value is -0.580. The summed E-state index contributed by atoms with van der Waals surface area (Å²) in [4.78, 5) is 0. The molecule has 3 nitrogen and oxygen atoms in total. The zero-order valence-electron chi connectivity index (χ0n) is 11.5. The van der Waals surface area contributed by atoms with Crippen LogP contribution in [0, 0.1) is 5.92 Å². The van der Waals surface area contributed by atoms with Gasteiger partial charge in [-0.3, -0.25) is 0 Å². The van der Waals surface area contributed by atoms with Crippen LogP contribution in [0.4, 0.5) is 5.69 Å². The zero-order valence-corrected chi connectivity index (χ0v) is 13.1. The van der Waals surface area contributed by atoms with Gasteiger partial charge in [0, 0.05) is 16.8 Å². The largest absolute Gasteiger partial charge is 0.394 e. The van der Waals surface area contributed by atoms with E-state index in [9.17, 15) is 5.11 Å². The summed E-state index contributed by atoms with van der Waals surface area (Å²) in [5.74, 6) is 0.468. The summed E-state index contributed by atoms with van der Waals surface area (Å²) in [5.41, 5.74) is 0.765. The number of anilines is 1. The molecular formula is C15H22BrNO2. The van der Waals surface area contributed by atoms with Gasteiger partial charge in [-0.15, -0.1) is 0 Å². The lowest BCUT2D eigenvalue weighted by Gasteiger charge is -2.42. The van der Waals surface area contributed by atoms with E-state index in [0.29, 0.717) is 12.5 Å². The van der Waals surface area contributed by atoms with Gasteiger partial charge in [0.2, 0.25) is 0 Å². The molecule has 106 valence electrons. The third kappa shape index (κ3) is 3.71. The molecule has 2 rings (SSSR count). The lowest BCUT2D eigenvalue weighted by molar-refractivity contribution is -0.0481. The van der Waals surface area contributed by atoms with E-state index >= 15 is 0 Å². The Morgan fingerprint density at radius 2 is 2.32 bits per heavy atom. The molecule has 1 aromatic carbocycles. The number of benzene rings is 1. The molecular weight excluding hydrogens is 306 g/mol. The molecule has 0 spiro atoms. The van der Waals surface area contributed by atoms with Gasteiger partial charge in [-0.25, -0.2) is 0 Å². The molecule has 1 fully saturated rings. The molecule has 0 aromatic heterocycles. The van der Waals surface area contributed by atoms with Crippen molar-refractivity contribution in [1.29, 1.82) is 0 Å². The van der Waals surface area contributed by atoms with Crippen LogP contribution in [0.15, 0.2) is 28.7 Å². The monoisotopic (exact) mass is 327 g/mol. The minimum Gasteiger partial charge on any atom is -0.394 e. The molecule has 1 aromatic rings. The van der Waals surface area contributed by atoms with Gasteiger partial charge in [-0.05, 0) is 37.0 Å². The fourth-order valence-corrected chi connectivity index (χ4v) is 2.95. The Bertz CT molecular complexity index is 424. The van der Waals surface area contributed by atoms with Gasteiger partial charge in [-0.1, -0.05) is 35.8 Å². The number of ether oxygens (including phenoxy) is 1. The molecule has 0 saturated carbocycles. The van der Waals surface area contributed by atoms with Gasteiger partial charge < -0.3 is 15.2 Å². The molecule has 0 bridgehead atoms. The third-order valence-corrected chi connectivity index (χ3v) is 4.28. The number of halogens is 1. The number of hydrogen-bond donors (Lipinski definition) is 2. The first-order chi connectivity index (χ1) is 9.04. The van der Waals surface area contributed by atoms with Gasteiger partial charge in [0.05, 0.1) is 18.2 Å². The van der Waals surface area contributed by atoms with E-state index in [1.54, 1.807) is 0 Å². The molecule has 0 amide bonds. The first kappa shape index (κ1) is 14.8. The van der Waals surface area contributed by atoms with Crippen molar-refractivity contribution in [2.75, 3.05) is 18.5 Å². The smallest absolute Gasteiger partial charge is 0.0663 e. The summed E-state index contributed by atoms with van der Waals surface area (Å²) >= 11 is 3.47. The first-order valence-electron chi connectivity index (χ1n) is 6.81. The van der Waals surface area contributed by atoms with Crippen LogP contribution in [0.5, 0.6) is 0 Å².